The van der Waals surface area contributed by atoms with E-state index in [0.29, 0.717) is 5.92 Å². The fourth-order valence-corrected chi connectivity index (χ4v) is 5.69. The summed E-state index contributed by atoms with van der Waals surface area (Å²) in [5.74, 6) is 0.535. The molecule has 0 saturated carbocycles. The Kier molecular flexibility index (Phi) is 6.37. The molecule has 2 aliphatic heterocycles. The molecule has 1 N–H and O–H groups in total. The molecule has 2 amide bonds. The van der Waals surface area contributed by atoms with Gasteiger partial charge in [-0.1, -0.05) is 0 Å². The van der Waals surface area contributed by atoms with Crippen molar-refractivity contribution in [3.8, 4) is 0 Å². The summed E-state index contributed by atoms with van der Waals surface area (Å²) in [6.07, 6.45) is 8.05. The lowest BCUT2D eigenvalue weighted by Crippen LogP contribution is -2.28. The molecule has 0 bridgehead atoms. The second-order valence-corrected chi connectivity index (χ2v) is 10.0. The Hall–Kier alpha value is -2.84. The van der Waals surface area contributed by atoms with E-state index in [1.54, 1.807) is 18.1 Å². The van der Waals surface area contributed by atoms with Crippen molar-refractivity contribution in [2.45, 2.75) is 43.4 Å². The van der Waals surface area contributed by atoms with E-state index in [1.807, 2.05) is 27.7 Å². The Labute approximate surface area is 198 Å². The lowest BCUT2D eigenvalue weighted by molar-refractivity contribution is -0.114. The molecule has 0 radical (unpaired) electrons. The SMILES string of the molecule is CC(=O)Nc1ccc(SN2CCC(c3ccn4ncc(C(=O)N5CCCC5)c4c3)CC2)cc1. The molecule has 2 saturated heterocycles. The molecule has 172 valence electrons. The maximum Gasteiger partial charge on any atom is 0.257 e. The predicted molar refractivity (Wildman–Crippen MR) is 130 cm³/mol. The van der Waals surface area contributed by atoms with Crippen LogP contribution in [0.2, 0.25) is 0 Å². The van der Waals surface area contributed by atoms with Gasteiger partial charge in [-0.25, -0.2) is 8.82 Å². The number of aromatic nitrogens is 2. The van der Waals surface area contributed by atoms with Gasteiger partial charge in [0.2, 0.25) is 5.91 Å². The molecule has 3 aromatic rings. The lowest BCUT2D eigenvalue weighted by atomic mass is 9.90. The van der Waals surface area contributed by atoms with Gasteiger partial charge in [-0.2, -0.15) is 5.10 Å². The van der Waals surface area contributed by atoms with Crippen molar-refractivity contribution in [2.75, 3.05) is 31.5 Å². The van der Waals surface area contributed by atoms with Crippen LogP contribution in [0.4, 0.5) is 5.69 Å². The standard InChI is InChI=1S/C25H29N5O2S/c1-18(31)27-21-4-6-22(7-5-21)33-29-13-8-19(9-14-29)20-10-15-30-24(16-20)23(17-26-30)25(32)28-11-2-3-12-28/h4-7,10,15-17,19H,2-3,8-9,11-14H2,1H3,(H,27,31). The molecule has 5 rings (SSSR count). The summed E-state index contributed by atoms with van der Waals surface area (Å²) in [7, 11) is 0. The van der Waals surface area contributed by atoms with Crippen molar-refractivity contribution in [1.82, 2.24) is 18.8 Å². The van der Waals surface area contributed by atoms with E-state index < -0.39 is 0 Å². The highest BCUT2D eigenvalue weighted by molar-refractivity contribution is 7.97. The summed E-state index contributed by atoms with van der Waals surface area (Å²) in [5.41, 5.74) is 3.75. The maximum absolute atomic E-state index is 12.9. The van der Waals surface area contributed by atoms with Gasteiger partial charge in [0.1, 0.15) is 0 Å². The minimum absolute atomic E-state index is 0.0564. The Balaban J connectivity index is 1.22. The number of anilines is 1. The zero-order valence-electron chi connectivity index (χ0n) is 18.9. The number of nitrogens with one attached hydrogen (secondary N) is 1. The molecule has 0 spiro atoms. The van der Waals surface area contributed by atoms with Gasteiger partial charge in [0.05, 0.1) is 17.3 Å². The number of pyridine rings is 1. The van der Waals surface area contributed by atoms with E-state index in [2.05, 4.69) is 39.0 Å². The first-order chi connectivity index (χ1) is 16.1. The predicted octanol–water partition coefficient (Wildman–Crippen LogP) is 4.42. The second-order valence-electron chi connectivity index (χ2n) is 8.85. The van der Waals surface area contributed by atoms with Crippen molar-refractivity contribution < 1.29 is 9.59 Å². The van der Waals surface area contributed by atoms with E-state index in [4.69, 9.17) is 0 Å². The molecular formula is C25H29N5O2S. The van der Waals surface area contributed by atoms with Gasteiger partial charge in [-0.3, -0.25) is 9.59 Å². The molecule has 8 heteroatoms. The van der Waals surface area contributed by atoms with Crippen LogP contribution in [-0.4, -0.2) is 56.8 Å². The van der Waals surface area contributed by atoms with Crippen LogP contribution in [0.15, 0.2) is 53.7 Å². The topological polar surface area (TPSA) is 70.0 Å². The number of piperidine rings is 1. The van der Waals surface area contributed by atoms with Gasteiger partial charge in [-0.15, -0.1) is 0 Å². The average Bonchev–Trinajstić information content (AvgIpc) is 3.50. The molecule has 7 nitrogen and oxygen atoms in total. The number of amides is 2. The van der Waals surface area contributed by atoms with Crippen LogP contribution in [0.1, 0.15) is 54.4 Å². The van der Waals surface area contributed by atoms with E-state index in [-0.39, 0.29) is 11.8 Å². The van der Waals surface area contributed by atoms with Crippen LogP contribution in [-0.2, 0) is 4.79 Å². The number of nitrogens with zero attached hydrogens (tertiary/aromatic N) is 4. The third kappa shape index (κ3) is 4.91. The first kappa shape index (κ1) is 22.0. The van der Waals surface area contributed by atoms with Crippen LogP contribution >= 0.6 is 11.9 Å². The second kappa shape index (κ2) is 9.57. The summed E-state index contributed by atoms with van der Waals surface area (Å²) in [6.45, 7) is 5.23. The van der Waals surface area contributed by atoms with Gasteiger partial charge in [0.25, 0.3) is 5.91 Å². The van der Waals surface area contributed by atoms with E-state index in [0.717, 1.165) is 68.6 Å². The van der Waals surface area contributed by atoms with Crippen LogP contribution in [0.25, 0.3) is 5.52 Å². The highest BCUT2D eigenvalue weighted by Gasteiger charge is 2.25. The smallest absolute Gasteiger partial charge is 0.257 e. The number of hydrogen-bond donors (Lipinski definition) is 1. The molecule has 0 unspecified atom stereocenters. The normalized spacial score (nSPS) is 17.5. The number of carbonyl (C=O) groups excluding carboxylic acids is 2. The Morgan fingerprint density at radius 1 is 1.03 bits per heavy atom. The molecule has 2 aliphatic rings. The summed E-state index contributed by atoms with van der Waals surface area (Å²) >= 11 is 1.77. The van der Waals surface area contributed by atoms with E-state index >= 15 is 0 Å². The van der Waals surface area contributed by atoms with Crippen molar-refractivity contribution in [1.29, 1.82) is 0 Å². The first-order valence-corrected chi connectivity index (χ1v) is 12.4. The number of hydrogen-bond acceptors (Lipinski definition) is 5. The molecule has 1 aromatic carbocycles. The summed E-state index contributed by atoms with van der Waals surface area (Å²) < 4.78 is 4.23. The van der Waals surface area contributed by atoms with Crippen molar-refractivity contribution in [3.63, 3.8) is 0 Å². The highest BCUT2D eigenvalue weighted by Crippen LogP contribution is 2.34. The molecule has 2 aromatic heterocycles. The third-order valence-electron chi connectivity index (χ3n) is 6.50. The number of fused-ring (bicyclic) bond motifs is 1. The molecule has 0 atom stereocenters. The molecule has 33 heavy (non-hydrogen) atoms. The third-order valence-corrected chi connectivity index (χ3v) is 7.61. The summed E-state index contributed by atoms with van der Waals surface area (Å²) in [4.78, 5) is 27.2. The Morgan fingerprint density at radius 2 is 1.76 bits per heavy atom. The summed E-state index contributed by atoms with van der Waals surface area (Å²) in [5, 5.41) is 7.22. The molecular weight excluding hydrogens is 434 g/mol. The Bertz CT molecular complexity index is 1150. The summed E-state index contributed by atoms with van der Waals surface area (Å²) in [6, 6.07) is 12.3. The van der Waals surface area contributed by atoms with Crippen LogP contribution in [0.5, 0.6) is 0 Å². The molecule has 4 heterocycles. The molecule has 0 aliphatic carbocycles. The fraction of sp³-hybridized carbons (Fsp3) is 0.400. The van der Waals surface area contributed by atoms with E-state index in [9.17, 15) is 9.59 Å². The number of rotatable bonds is 5. The Morgan fingerprint density at radius 3 is 2.45 bits per heavy atom. The van der Waals surface area contributed by atoms with Gasteiger partial charge in [-0.05, 0) is 85.5 Å². The number of likely N-dealkylation sites (tertiary alicyclic amines) is 1. The highest BCUT2D eigenvalue weighted by atomic mass is 32.2. The number of benzene rings is 1. The minimum Gasteiger partial charge on any atom is -0.339 e. The van der Waals surface area contributed by atoms with Gasteiger partial charge < -0.3 is 10.2 Å². The molecule has 2 fully saturated rings. The van der Waals surface area contributed by atoms with Crippen molar-refractivity contribution in [3.05, 3.63) is 59.9 Å². The zero-order valence-corrected chi connectivity index (χ0v) is 19.7. The monoisotopic (exact) mass is 463 g/mol. The van der Waals surface area contributed by atoms with Gasteiger partial charge >= 0.3 is 0 Å². The first-order valence-electron chi connectivity index (χ1n) is 11.6. The average molecular weight is 464 g/mol. The van der Waals surface area contributed by atoms with Crippen LogP contribution < -0.4 is 5.32 Å². The minimum atomic E-state index is -0.0564. The largest absolute Gasteiger partial charge is 0.339 e. The zero-order chi connectivity index (χ0) is 22.8. The van der Waals surface area contributed by atoms with E-state index in [1.165, 1.54) is 17.4 Å². The van der Waals surface area contributed by atoms with Crippen LogP contribution in [0, 0.1) is 0 Å². The van der Waals surface area contributed by atoms with Gasteiger partial charge in [0, 0.05) is 49.9 Å². The maximum atomic E-state index is 12.9. The van der Waals surface area contributed by atoms with Gasteiger partial charge in [0.15, 0.2) is 0 Å². The fourth-order valence-electron chi connectivity index (χ4n) is 4.74. The van der Waals surface area contributed by atoms with Crippen LogP contribution in [0.3, 0.4) is 0 Å². The van der Waals surface area contributed by atoms with Crippen molar-refractivity contribution in [2.24, 2.45) is 0 Å². The van der Waals surface area contributed by atoms with Crippen molar-refractivity contribution >= 4 is 35.0 Å². The lowest BCUT2D eigenvalue weighted by Gasteiger charge is -2.31. The number of carbonyl (C=O) groups is 2. The quantitative estimate of drug-likeness (QED) is 0.568.